The van der Waals surface area contributed by atoms with E-state index < -0.39 is 0 Å². The van der Waals surface area contributed by atoms with Gasteiger partial charge in [-0.25, -0.2) is 0 Å². The molecule has 1 unspecified atom stereocenters. The van der Waals surface area contributed by atoms with E-state index >= 15 is 0 Å². The van der Waals surface area contributed by atoms with Crippen LogP contribution in [0.4, 0.5) is 0 Å². The molecule has 2 rings (SSSR count). The molecule has 1 aromatic carbocycles. The Kier molecular flexibility index (Phi) is 4.11. The average molecular weight is 270 g/mol. The third kappa shape index (κ3) is 3.25. The fraction of sp³-hybridized carbons (Fsp3) is 0.231. The molecule has 2 aromatic rings. The van der Waals surface area contributed by atoms with Crippen LogP contribution in [-0.4, -0.2) is 0 Å². The van der Waals surface area contributed by atoms with E-state index in [2.05, 4.69) is 12.2 Å². The van der Waals surface area contributed by atoms with Gasteiger partial charge in [-0.2, -0.15) is 0 Å². The van der Waals surface area contributed by atoms with Crippen LogP contribution in [0.1, 0.15) is 24.1 Å². The van der Waals surface area contributed by atoms with Crippen molar-refractivity contribution in [1.82, 2.24) is 5.32 Å². The molecule has 0 spiro atoms. The molecule has 0 amide bonds. The van der Waals surface area contributed by atoms with E-state index in [4.69, 9.17) is 27.6 Å². The molecule has 0 aliphatic carbocycles. The Labute approximate surface area is 111 Å². The van der Waals surface area contributed by atoms with Crippen LogP contribution in [0.15, 0.2) is 41.2 Å². The number of benzene rings is 1. The van der Waals surface area contributed by atoms with Gasteiger partial charge in [0.15, 0.2) is 0 Å². The van der Waals surface area contributed by atoms with Gasteiger partial charge in [-0.3, -0.25) is 0 Å². The second-order valence-corrected chi connectivity index (χ2v) is 4.72. The van der Waals surface area contributed by atoms with E-state index in [1.807, 2.05) is 24.3 Å². The van der Waals surface area contributed by atoms with Crippen molar-refractivity contribution in [3.8, 4) is 0 Å². The molecule has 0 fully saturated rings. The fourth-order valence-electron chi connectivity index (χ4n) is 1.56. The van der Waals surface area contributed by atoms with Gasteiger partial charge in [-0.05, 0) is 30.7 Å². The van der Waals surface area contributed by atoms with Crippen LogP contribution in [0.5, 0.6) is 0 Å². The first kappa shape index (κ1) is 12.5. The highest BCUT2D eigenvalue weighted by Gasteiger charge is 2.07. The quantitative estimate of drug-likeness (QED) is 0.888. The summed E-state index contributed by atoms with van der Waals surface area (Å²) in [6.45, 7) is 2.84. The molecular formula is C13H13Cl2NO. The third-order valence-corrected chi connectivity index (χ3v) is 3.38. The van der Waals surface area contributed by atoms with E-state index in [1.54, 1.807) is 12.5 Å². The summed E-state index contributed by atoms with van der Waals surface area (Å²) in [6, 6.07) is 7.82. The molecule has 90 valence electrons. The normalized spacial score (nSPS) is 12.6. The smallest absolute Gasteiger partial charge is 0.0947 e. The van der Waals surface area contributed by atoms with Gasteiger partial charge in [-0.15, -0.1) is 0 Å². The van der Waals surface area contributed by atoms with Gasteiger partial charge in [0.05, 0.1) is 22.6 Å². The lowest BCUT2D eigenvalue weighted by Crippen LogP contribution is -2.17. The number of furan rings is 1. The van der Waals surface area contributed by atoms with E-state index in [1.165, 1.54) is 0 Å². The standard InChI is InChI=1S/C13H13Cl2NO/c1-9(16-7-10-4-5-17-8-10)11-2-3-12(14)13(15)6-11/h2-6,8-9,16H,7H2,1H3. The Morgan fingerprint density at radius 3 is 2.71 bits per heavy atom. The van der Waals surface area contributed by atoms with E-state index in [0.29, 0.717) is 10.0 Å². The van der Waals surface area contributed by atoms with Crippen LogP contribution >= 0.6 is 23.2 Å². The molecule has 0 saturated heterocycles. The summed E-state index contributed by atoms with van der Waals surface area (Å²) in [5.41, 5.74) is 2.24. The summed E-state index contributed by atoms with van der Waals surface area (Å²) >= 11 is 11.9. The minimum Gasteiger partial charge on any atom is -0.472 e. The number of nitrogens with one attached hydrogen (secondary N) is 1. The molecule has 1 aromatic heterocycles. The number of hydrogen-bond acceptors (Lipinski definition) is 2. The van der Waals surface area contributed by atoms with Crippen molar-refractivity contribution in [3.63, 3.8) is 0 Å². The molecule has 17 heavy (non-hydrogen) atoms. The van der Waals surface area contributed by atoms with Gasteiger partial charge in [0, 0.05) is 18.2 Å². The van der Waals surface area contributed by atoms with Crippen LogP contribution in [0.25, 0.3) is 0 Å². The maximum absolute atomic E-state index is 5.98. The van der Waals surface area contributed by atoms with Crippen LogP contribution in [0.3, 0.4) is 0 Å². The Morgan fingerprint density at radius 2 is 2.06 bits per heavy atom. The highest BCUT2D eigenvalue weighted by molar-refractivity contribution is 6.42. The fourth-order valence-corrected chi connectivity index (χ4v) is 1.87. The summed E-state index contributed by atoms with van der Waals surface area (Å²) < 4.78 is 5.01. The molecule has 0 aliphatic rings. The zero-order valence-electron chi connectivity index (χ0n) is 9.41. The van der Waals surface area contributed by atoms with E-state index in [-0.39, 0.29) is 6.04 Å². The van der Waals surface area contributed by atoms with Gasteiger partial charge < -0.3 is 9.73 Å². The topological polar surface area (TPSA) is 25.2 Å². The Hall–Kier alpha value is -0.960. The molecule has 1 heterocycles. The summed E-state index contributed by atoms with van der Waals surface area (Å²) in [7, 11) is 0. The first-order chi connectivity index (χ1) is 8.16. The van der Waals surface area contributed by atoms with Crippen LogP contribution < -0.4 is 5.32 Å². The lowest BCUT2D eigenvalue weighted by Gasteiger charge is -2.14. The van der Waals surface area contributed by atoms with E-state index in [9.17, 15) is 0 Å². The minimum atomic E-state index is 0.208. The molecule has 2 nitrogen and oxygen atoms in total. The highest BCUT2D eigenvalue weighted by Crippen LogP contribution is 2.25. The van der Waals surface area contributed by atoms with Crippen molar-refractivity contribution in [3.05, 3.63) is 58.0 Å². The first-order valence-electron chi connectivity index (χ1n) is 5.36. The molecule has 0 bridgehead atoms. The number of rotatable bonds is 4. The largest absolute Gasteiger partial charge is 0.472 e. The van der Waals surface area contributed by atoms with Crippen molar-refractivity contribution < 1.29 is 4.42 Å². The van der Waals surface area contributed by atoms with Crippen molar-refractivity contribution in [2.75, 3.05) is 0 Å². The number of halogens is 2. The maximum atomic E-state index is 5.98. The Morgan fingerprint density at radius 1 is 1.24 bits per heavy atom. The minimum absolute atomic E-state index is 0.208. The van der Waals surface area contributed by atoms with Crippen LogP contribution in [0.2, 0.25) is 10.0 Å². The average Bonchev–Trinajstić information content (AvgIpc) is 2.82. The number of hydrogen-bond donors (Lipinski definition) is 1. The van der Waals surface area contributed by atoms with E-state index in [0.717, 1.165) is 17.7 Å². The summed E-state index contributed by atoms with van der Waals surface area (Å²) in [5.74, 6) is 0. The molecule has 1 N–H and O–H groups in total. The second-order valence-electron chi connectivity index (χ2n) is 3.91. The van der Waals surface area contributed by atoms with Crippen molar-refractivity contribution in [1.29, 1.82) is 0 Å². The second kappa shape index (κ2) is 5.58. The maximum Gasteiger partial charge on any atom is 0.0947 e. The van der Waals surface area contributed by atoms with Gasteiger partial charge in [0.25, 0.3) is 0 Å². The molecule has 0 aliphatic heterocycles. The van der Waals surface area contributed by atoms with Crippen LogP contribution in [-0.2, 0) is 6.54 Å². The van der Waals surface area contributed by atoms with Crippen molar-refractivity contribution in [2.24, 2.45) is 0 Å². The lowest BCUT2D eigenvalue weighted by molar-refractivity contribution is 0.547. The summed E-state index contributed by atoms with van der Waals surface area (Å²) in [5, 5.41) is 4.55. The van der Waals surface area contributed by atoms with Crippen LogP contribution in [0, 0.1) is 0 Å². The zero-order chi connectivity index (χ0) is 12.3. The lowest BCUT2D eigenvalue weighted by atomic mass is 10.1. The molecule has 0 radical (unpaired) electrons. The predicted octanol–water partition coefficient (Wildman–Crippen LogP) is 4.44. The predicted molar refractivity (Wildman–Crippen MR) is 70.4 cm³/mol. The third-order valence-electron chi connectivity index (χ3n) is 2.64. The van der Waals surface area contributed by atoms with Crippen molar-refractivity contribution >= 4 is 23.2 Å². The SMILES string of the molecule is CC(NCc1ccoc1)c1ccc(Cl)c(Cl)c1. The van der Waals surface area contributed by atoms with Crippen molar-refractivity contribution in [2.45, 2.75) is 19.5 Å². The molecule has 4 heteroatoms. The molecular weight excluding hydrogens is 257 g/mol. The highest BCUT2D eigenvalue weighted by atomic mass is 35.5. The Balaban J connectivity index is 1.99. The van der Waals surface area contributed by atoms with Gasteiger partial charge in [0.1, 0.15) is 0 Å². The van der Waals surface area contributed by atoms with Gasteiger partial charge in [0.2, 0.25) is 0 Å². The zero-order valence-corrected chi connectivity index (χ0v) is 10.9. The van der Waals surface area contributed by atoms with Gasteiger partial charge >= 0.3 is 0 Å². The van der Waals surface area contributed by atoms with Gasteiger partial charge in [-0.1, -0.05) is 29.3 Å². The summed E-state index contributed by atoms with van der Waals surface area (Å²) in [6.07, 6.45) is 3.40. The monoisotopic (exact) mass is 269 g/mol. The first-order valence-corrected chi connectivity index (χ1v) is 6.12. The molecule has 1 atom stereocenters. The summed E-state index contributed by atoms with van der Waals surface area (Å²) in [4.78, 5) is 0. The Bertz CT molecular complexity index is 482. The molecule has 0 saturated carbocycles.